The predicted octanol–water partition coefficient (Wildman–Crippen LogP) is 3.27. The zero-order valence-electron chi connectivity index (χ0n) is 20.4. The number of benzene rings is 1. The molecule has 0 fully saturated rings. The molecule has 0 radical (unpaired) electrons. The molecule has 5 aromatic rings. The molecule has 184 valence electrons. The Balaban J connectivity index is 1.50. The molecular weight excluding hydrogens is 456 g/mol. The first-order chi connectivity index (χ1) is 17.7. The molecule has 36 heavy (non-hydrogen) atoms. The maximum absolute atomic E-state index is 13.6. The summed E-state index contributed by atoms with van der Waals surface area (Å²) in [4.78, 5) is 18.0. The van der Waals surface area contributed by atoms with Gasteiger partial charge in [-0.25, -0.2) is 14.5 Å². The van der Waals surface area contributed by atoms with Crippen LogP contribution in [0.3, 0.4) is 0 Å². The van der Waals surface area contributed by atoms with Gasteiger partial charge in [-0.1, -0.05) is 51.0 Å². The summed E-state index contributed by atoms with van der Waals surface area (Å²) in [6.07, 6.45) is 10.9. The number of nitrogens with one attached hydrogen (secondary N) is 1. The molecule has 0 aliphatic carbocycles. The summed E-state index contributed by atoms with van der Waals surface area (Å²) >= 11 is 0. The second-order valence-corrected chi connectivity index (χ2v) is 8.65. The van der Waals surface area contributed by atoms with Crippen LogP contribution < -0.4 is 5.69 Å². The second-order valence-electron chi connectivity index (χ2n) is 8.65. The number of nitrogens with zero attached hydrogens (tertiary/aromatic N) is 9. The molecule has 4 aromatic heterocycles. The first kappa shape index (κ1) is 23.3. The van der Waals surface area contributed by atoms with Gasteiger partial charge >= 0.3 is 5.69 Å². The summed E-state index contributed by atoms with van der Waals surface area (Å²) in [6, 6.07) is 9.96. The van der Waals surface area contributed by atoms with Gasteiger partial charge in [0.05, 0.1) is 6.54 Å². The summed E-state index contributed by atoms with van der Waals surface area (Å²) in [5.74, 6) is 1.16. The lowest BCUT2D eigenvalue weighted by Crippen LogP contribution is -2.26. The third kappa shape index (κ3) is 4.59. The molecule has 1 aromatic carbocycles. The minimum absolute atomic E-state index is 0.132. The topological polar surface area (TPSA) is 125 Å². The summed E-state index contributed by atoms with van der Waals surface area (Å²) in [6.45, 7) is 5.42. The first-order valence-corrected chi connectivity index (χ1v) is 12.2. The third-order valence-electron chi connectivity index (χ3n) is 6.18. The number of hydrogen-bond donors (Lipinski definition) is 1. The van der Waals surface area contributed by atoms with Gasteiger partial charge in [0, 0.05) is 36.4 Å². The fourth-order valence-electron chi connectivity index (χ4n) is 4.31. The van der Waals surface area contributed by atoms with E-state index in [2.05, 4.69) is 49.7 Å². The summed E-state index contributed by atoms with van der Waals surface area (Å²) in [5, 5.41) is 22.3. The number of imidazole rings is 1. The number of unbranched alkanes of at least 4 members (excludes halogenated alkanes) is 1. The highest BCUT2D eigenvalue weighted by Gasteiger charge is 2.18. The average Bonchev–Trinajstić information content (AvgIpc) is 3.66. The van der Waals surface area contributed by atoms with Crippen LogP contribution in [0.1, 0.15) is 44.4 Å². The highest BCUT2D eigenvalue weighted by Crippen LogP contribution is 2.26. The smallest absolute Gasteiger partial charge is 0.299 e. The van der Waals surface area contributed by atoms with Crippen LogP contribution in [0.15, 0.2) is 60.0 Å². The number of tetrazole rings is 1. The van der Waals surface area contributed by atoms with Gasteiger partial charge in [0.25, 0.3) is 0 Å². The van der Waals surface area contributed by atoms with E-state index in [1.165, 1.54) is 0 Å². The van der Waals surface area contributed by atoms with Crippen LogP contribution >= 0.6 is 0 Å². The number of H-pyrrole nitrogens is 1. The summed E-state index contributed by atoms with van der Waals surface area (Å²) in [7, 11) is 0. The Morgan fingerprint density at radius 3 is 2.58 bits per heavy atom. The minimum Gasteiger partial charge on any atom is -0.299 e. The highest BCUT2D eigenvalue weighted by molar-refractivity contribution is 5.69. The van der Waals surface area contributed by atoms with Crippen molar-refractivity contribution in [1.29, 1.82) is 0 Å². The van der Waals surface area contributed by atoms with Gasteiger partial charge in [0.1, 0.15) is 6.33 Å². The molecule has 4 heterocycles. The lowest BCUT2D eigenvalue weighted by Gasteiger charge is -2.12. The molecule has 0 unspecified atom stereocenters. The molecule has 0 spiro atoms. The molecule has 1 N–H and O–H groups in total. The van der Waals surface area contributed by atoms with E-state index in [0.29, 0.717) is 18.3 Å². The van der Waals surface area contributed by atoms with Crippen molar-refractivity contribution < 1.29 is 0 Å². The fourth-order valence-corrected chi connectivity index (χ4v) is 4.31. The third-order valence-corrected chi connectivity index (χ3v) is 6.18. The van der Waals surface area contributed by atoms with E-state index in [4.69, 9.17) is 0 Å². The number of aromatic nitrogens is 10. The largest absolute Gasteiger partial charge is 0.335 e. The lowest BCUT2D eigenvalue weighted by molar-refractivity contribution is 0.607. The van der Waals surface area contributed by atoms with Gasteiger partial charge in [-0.15, -0.1) is 15.3 Å². The normalized spacial score (nSPS) is 11.3. The van der Waals surface area contributed by atoms with E-state index in [1.54, 1.807) is 17.1 Å². The van der Waals surface area contributed by atoms with Gasteiger partial charge < -0.3 is 0 Å². The Bertz CT molecular complexity index is 1480. The Morgan fingerprint density at radius 1 is 1.00 bits per heavy atom. The van der Waals surface area contributed by atoms with Crippen molar-refractivity contribution >= 4 is 0 Å². The van der Waals surface area contributed by atoms with Crippen molar-refractivity contribution in [1.82, 2.24) is 49.5 Å². The van der Waals surface area contributed by atoms with Crippen LogP contribution in [0.2, 0.25) is 0 Å². The van der Waals surface area contributed by atoms with Crippen molar-refractivity contribution in [3.05, 3.63) is 77.0 Å². The Kier molecular flexibility index (Phi) is 6.78. The van der Waals surface area contributed by atoms with Crippen LogP contribution in [0, 0.1) is 0 Å². The first-order valence-electron chi connectivity index (χ1n) is 12.2. The number of hydrogen-bond acceptors (Lipinski definition) is 7. The number of aromatic amines is 1. The Labute approximate surface area is 207 Å². The van der Waals surface area contributed by atoms with E-state index in [0.717, 1.165) is 60.2 Å². The van der Waals surface area contributed by atoms with Crippen molar-refractivity contribution in [2.75, 3.05) is 0 Å². The number of aryl methyl sites for hydroxylation is 2. The summed E-state index contributed by atoms with van der Waals surface area (Å²) < 4.78 is 5.37. The molecule has 11 nitrogen and oxygen atoms in total. The van der Waals surface area contributed by atoms with Crippen LogP contribution in [-0.2, 0) is 19.5 Å². The SMILES string of the molecule is CCCCn1cnnc1-n1cc(CCC)n(Cc2cnccc2-c2ccc(-c3nnn[nH]3)cc2)c1=O. The number of rotatable bonds is 10. The van der Waals surface area contributed by atoms with Gasteiger partial charge in [-0.05, 0) is 46.0 Å². The van der Waals surface area contributed by atoms with Crippen LogP contribution in [0.4, 0.5) is 0 Å². The number of pyridine rings is 1. The fraction of sp³-hybridized carbons (Fsp3) is 0.320. The van der Waals surface area contributed by atoms with E-state index >= 15 is 0 Å². The Hall–Kier alpha value is -4.41. The standard InChI is InChI=1S/C25H28N10O/c1-3-5-13-33-17-27-30-24(33)35-16-21(6-4-2)34(25(35)36)15-20-14-26-12-11-22(20)18-7-9-19(10-8-18)23-28-31-32-29-23/h7-12,14,16-17H,3-6,13,15H2,1-2H3,(H,28,29,31,32). The van der Waals surface area contributed by atoms with Gasteiger partial charge in [0.15, 0.2) is 5.82 Å². The van der Waals surface area contributed by atoms with Crippen molar-refractivity contribution in [2.45, 2.75) is 52.6 Å². The molecule has 0 amide bonds. The predicted molar refractivity (Wildman–Crippen MR) is 134 cm³/mol. The average molecular weight is 485 g/mol. The molecule has 0 bridgehead atoms. The molecule has 5 rings (SSSR count). The summed E-state index contributed by atoms with van der Waals surface area (Å²) in [5.41, 5.74) is 4.71. The molecule has 0 atom stereocenters. The van der Waals surface area contributed by atoms with Gasteiger partial charge in [0.2, 0.25) is 5.95 Å². The molecular formula is C25H28N10O. The highest BCUT2D eigenvalue weighted by atomic mass is 16.2. The van der Waals surface area contributed by atoms with E-state index < -0.39 is 0 Å². The maximum Gasteiger partial charge on any atom is 0.335 e. The van der Waals surface area contributed by atoms with Crippen LogP contribution in [0.5, 0.6) is 0 Å². The zero-order chi connectivity index (χ0) is 24.9. The molecule has 0 saturated carbocycles. The molecule has 11 heteroatoms. The Morgan fingerprint density at radius 2 is 1.83 bits per heavy atom. The lowest BCUT2D eigenvalue weighted by atomic mass is 10.00. The van der Waals surface area contributed by atoms with Gasteiger partial charge in [-0.3, -0.25) is 14.1 Å². The maximum atomic E-state index is 13.6. The van der Waals surface area contributed by atoms with Gasteiger partial charge in [-0.2, -0.15) is 0 Å². The monoisotopic (exact) mass is 484 g/mol. The van der Waals surface area contributed by atoms with Crippen molar-refractivity contribution in [3.63, 3.8) is 0 Å². The second kappa shape index (κ2) is 10.5. The zero-order valence-corrected chi connectivity index (χ0v) is 20.4. The van der Waals surface area contributed by atoms with E-state index in [9.17, 15) is 4.79 Å². The quantitative estimate of drug-likeness (QED) is 0.322. The van der Waals surface area contributed by atoms with Crippen molar-refractivity contribution in [2.24, 2.45) is 0 Å². The molecule has 0 aliphatic rings. The molecule has 0 saturated heterocycles. The minimum atomic E-state index is -0.132. The van der Waals surface area contributed by atoms with Crippen molar-refractivity contribution in [3.8, 4) is 28.5 Å². The molecule has 0 aliphatic heterocycles. The van der Waals surface area contributed by atoms with E-state index in [1.807, 2.05) is 51.9 Å². The van der Waals surface area contributed by atoms with Crippen LogP contribution in [-0.4, -0.2) is 49.5 Å². The van der Waals surface area contributed by atoms with E-state index in [-0.39, 0.29) is 5.69 Å². The van der Waals surface area contributed by atoms with Crippen LogP contribution in [0.25, 0.3) is 28.5 Å².